The molecule has 3 N–H and O–H groups in total. The lowest BCUT2D eigenvalue weighted by molar-refractivity contribution is 0.462. The summed E-state index contributed by atoms with van der Waals surface area (Å²) in [5.74, 6) is 0. The van der Waals surface area contributed by atoms with Crippen LogP contribution in [0.15, 0.2) is 29.2 Å². The predicted octanol–water partition coefficient (Wildman–Crippen LogP) is 1.26. The Morgan fingerprint density at radius 3 is 2.53 bits per heavy atom. The van der Waals surface area contributed by atoms with Gasteiger partial charge in [-0.15, -0.1) is 0 Å². The van der Waals surface area contributed by atoms with Crippen LogP contribution >= 0.6 is 0 Å². The predicted molar refractivity (Wildman–Crippen MR) is 69.3 cm³/mol. The molecule has 0 saturated carbocycles. The summed E-state index contributed by atoms with van der Waals surface area (Å²) in [6, 6.07) is 6.94. The minimum absolute atomic E-state index is 0.250. The van der Waals surface area contributed by atoms with E-state index in [0.29, 0.717) is 4.90 Å². The Morgan fingerprint density at radius 1 is 1.35 bits per heavy atom. The highest BCUT2D eigenvalue weighted by Gasteiger charge is 2.24. The Balaban J connectivity index is 3.05. The van der Waals surface area contributed by atoms with Crippen LogP contribution in [0.1, 0.15) is 26.3 Å². The highest BCUT2D eigenvalue weighted by atomic mass is 32.2. The molecule has 0 aliphatic rings. The molecular weight excluding hydrogens is 236 g/mol. The fourth-order valence-electron chi connectivity index (χ4n) is 1.40. The van der Waals surface area contributed by atoms with E-state index in [1.54, 1.807) is 32.0 Å². The van der Waals surface area contributed by atoms with Gasteiger partial charge >= 0.3 is 0 Å². The number of rotatable bonds is 5. The van der Waals surface area contributed by atoms with Crippen LogP contribution < -0.4 is 10.5 Å². The van der Waals surface area contributed by atoms with Gasteiger partial charge in [0.2, 0.25) is 10.0 Å². The van der Waals surface area contributed by atoms with Gasteiger partial charge in [0.1, 0.15) is 0 Å². The number of hydrogen-bond donors (Lipinski definition) is 2. The van der Waals surface area contributed by atoms with E-state index >= 15 is 0 Å². The van der Waals surface area contributed by atoms with Crippen LogP contribution in [0, 0.1) is 0 Å². The Labute approximate surface area is 103 Å². The summed E-state index contributed by atoms with van der Waals surface area (Å²) in [6.45, 7) is 5.76. The smallest absolute Gasteiger partial charge is 0.241 e. The molecule has 0 amide bonds. The molecule has 1 aromatic rings. The SMILES string of the molecule is CCc1cccc(S(=O)(=O)NC(C)(C)CN)c1. The second-order valence-electron chi connectivity index (χ2n) is 4.69. The number of aryl methyl sites for hydroxylation is 1. The van der Waals surface area contributed by atoms with E-state index in [0.717, 1.165) is 12.0 Å². The summed E-state index contributed by atoms with van der Waals surface area (Å²) < 4.78 is 26.8. The summed E-state index contributed by atoms with van der Waals surface area (Å²) in [4.78, 5) is 0.290. The molecule has 4 nitrogen and oxygen atoms in total. The largest absolute Gasteiger partial charge is 0.329 e. The van der Waals surface area contributed by atoms with Gasteiger partial charge in [0.05, 0.1) is 4.90 Å². The van der Waals surface area contributed by atoms with E-state index in [1.807, 2.05) is 13.0 Å². The van der Waals surface area contributed by atoms with Crippen molar-refractivity contribution in [3.63, 3.8) is 0 Å². The molecule has 0 radical (unpaired) electrons. The molecule has 0 aliphatic heterocycles. The second kappa shape index (κ2) is 5.16. The fraction of sp³-hybridized carbons (Fsp3) is 0.500. The molecule has 0 bridgehead atoms. The van der Waals surface area contributed by atoms with Crippen molar-refractivity contribution in [1.82, 2.24) is 4.72 Å². The maximum atomic E-state index is 12.1. The molecule has 17 heavy (non-hydrogen) atoms. The number of nitrogens with two attached hydrogens (primary N) is 1. The number of sulfonamides is 1. The first-order valence-electron chi connectivity index (χ1n) is 5.64. The normalized spacial score (nSPS) is 12.7. The first-order chi connectivity index (χ1) is 7.80. The summed E-state index contributed by atoms with van der Waals surface area (Å²) in [6.07, 6.45) is 0.809. The van der Waals surface area contributed by atoms with Gasteiger partial charge in [-0.1, -0.05) is 19.1 Å². The van der Waals surface area contributed by atoms with E-state index in [2.05, 4.69) is 4.72 Å². The van der Waals surface area contributed by atoms with Crippen molar-refractivity contribution in [2.75, 3.05) is 6.54 Å². The molecule has 0 aliphatic carbocycles. The average Bonchev–Trinajstić information content (AvgIpc) is 2.28. The second-order valence-corrected chi connectivity index (χ2v) is 6.38. The van der Waals surface area contributed by atoms with Crippen LogP contribution in [0.25, 0.3) is 0 Å². The Hall–Kier alpha value is -0.910. The van der Waals surface area contributed by atoms with Crippen LogP contribution in [-0.4, -0.2) is 20.5 Å². The monoisotopic (exact) mass is 256 g/mol. The number of benzene rings is 1. The Bertz CT molecular complexity index is 481. The van der Waals surface area contributed by atoms with Crippen molar-refractivity contribution >= 4 is 10.0 Å². The van der Waals surface area contributed by atoms with Gasteiger partial charge in [-0.2, -0.15) is 0 Å². The number of nitrogens with one attached hydrogen (secondary N) is 1. The lowest BCUT2D eigenvalue weighted by atomic mass is 10.1. The third-order valence-electron chi connectivity index (χ3n) is 2.54. The summed E-state index contributed by atoms with van der Waals surface area (Å²) >= 11 is 0. The van der Waals surface area contributed by atoms with Gasteiger partial charge in [-0.3, -0.25) is 0 Å². The van der Waals surface area contributed by atoms with Gasteiger partial charge in [0.15, 0.2) is 0 Å². The molecule has 1 aromatic carbocycles. The molecule has 0 fully saturated rings. The molecule has 0 unspecified atom stereocenters. The zero-order chi connectivity index (χ0) is 13.1. The average molecular weight is 256 g/mol. The van der Waals surface area contributed by atoms with Crippen molar-refractivity contribution in [3.8, 4) is 0 Å². The fourth-order valence-corrected chi connectivity index (χ4v) is 2.89. The van der Waals surface area contributed by atoms with Crippen molar-refractivity contribution in [2.24, 2.45) is 5.73 Å². The highest BCUT2D eigenvalue weighted by molar-refractivity contribution is 7.89. The summed E-state index contributed by atoms with van der Waals surface area (Å²) in [5.41, 5.74) is 5.88. The summed E-state index contributed by atoms with van der Waals surface area (Å²) in [7, 11) is -3.49. The lowest BCUT2D eigenvalue weighted by Gasteiger charge is -2.23. The molecule has 96 valence electrons. The van der Waals surface area contributed by atoms with Crippen molar-refractivity contribution in [3.05, 3.63) is 29.8 Å². The van der Waals surface area contributed by atoms with E-state index in [4.69, 9.17) is 5.73 Å². The summed E-state index contributed by atoms with van der Waals surface area (Å²) in [5, 5.41) is 0. The van der Waals surface area contributed by atoms with Crippen LogP contribution in [0.5, 0.6) is 0 Å². The molecule has 0 heterocycles. The minimum atomic E-state index is -3.49. The zero-order valence-electron chi connectivity index (χ0n) is 10.5. The lowest BCUT2D eigenvalue weighted by Crippen LogP contribution is -2.48. The first-order valence-corrected chi connectivity index (χ1v) is 7.12. The molecule has 0 atom stereocenters. The van der Waals surface area contributed by atoms with Gasteiger partial charge in [-0.05, 0) is 38.0 Å². The van der Waals surface area contributed by atoms with Crippen LogP contribution in [0.2, 0.25) is 0 Å². The highest BCUT2D eigenvalue weighted by Crippen LogP contribution is 2.14. The number of hydrogen-bond acceptors (Lipinski definition) is 3. The Morgan fingerprint density at radius 2 is 2.00 bits per heavy atom. The van der Waals surface area contributed by atoms with Crippen LogP contribution in [0.4, 0.5) is 0 Å². The van der Waals surface area contributed by atoms with Gasteiger partial charge in [-0.25, -0.2) is 13.1 Å². The molecule has 0 saturated heterocycles. The zero-order valence-corrected chi connectivity index (χ0v) is 11.3. The molecular formula is C12H20N2O2S. The van der Waals surface area contributed by atoms with Crippen molar-refractivity contribution in [1.29, 1.82) is 0 Å². The van der Waals surface area contributed by atoms with E-state index in [1.165, 1.54) is 0 Å². The topological polar surface area (TPSA) is 72.2 Å². The van der Waals surface area contributed by atoms with Crippen LogP contribution in [-0.2, 0) is 16.4 Å². The van der Waals surface area contributed by atoms with E-state index in [-0.39, 0.29) is 6.54 Å². The third-order valence-corrected chi connectivity index (χ3v) is 4.23. The maximum absolute atomic E-state index is 12.1. The van der Waals surface area contributed by atoms with E-state index < -0.39 is 15.6 Å². The minimum Gasteiger partial charge on any atom is -0.329 e. The van der Waals surface area contributed by atoms with Crippen molar-refractivity contribution < 1.29 is 8.42 Å². The Kier molecular flexibility index (Phi) is 4.30. The quantitative estimate of drug-likeness (QED) is 0.833. The van der Waals surface area contributed by atoms with E-state index in [9.17, 15) is 8.42 Å². The first kappa shape index (κ1) is 14.2. The maximum Gasteiger partial charge on any atom is 0.241 e. The van der Waals surface area contributed by atoms with Gasteiger partial charge in [0.25, 0.3) is 0 Å². The third kappa shape index (κ3) is 3.80. The standard InChI is InChI=1S/C12H20N2O2S/c1-4-10-6-5-7-11(8-10)17(15,16)14-12(2,3)9-13/h5-8,14H,4,9,13H2,1-3H3. The molecule has 5 heteroatoms. The van der Waals surface area contributed by atoms with Crippen molar-refractivity contribution in [2.45, 2.75) is 37.6 Å². The van der Waals surface area contributed by atoms with Gasteiger partial charge < -0.3 is 5.73 Å². The van der Waals surface area contributed by atoms with Crippen LogP contribution in [0.3, 0.4) is 0 Å². The molecule has 0 aromatic heterocycles. The molecule has 0 spiro atoms. The molecule has 1 rings (SSSR count). The van der Waals surface area contributed by atoms with Gasteiger partial charge in [0, 0.05) is 12.1 Å².